The number of hydrogen-bond donors (Lipinski definition) is 0. The lowest BCUT2D eigenvalue weighted by molar-refractivity contribution is -0.157. The van der Waals surface area contributed by atoms with Crippen molar-refractivity contribution in [1.29, 1.82) is 0 Å². The Labute approximate surface area is 91.9 Å². The van der Waals surface area contributed by atoms with Crippen molar-refractivity contribution in [2.45, 2.75) is 19.3 Å². The van der Waals surface area contributed by atoms with E-state index in [1.807, 2.05) is 0 Å². The van der Waals surface area contributed by atoms with E-state index in [4.69, 9.17) is 0 Å². The highest BCUT2D eigenvalue weighted by molar-refractivity contribution is 5.85. The summed E-state index contributed by atoms with van der Waals surface area (Å²) in [5, 5.41) is 0. The van der Waals surface area contributed by atoms with Gasteiger partial charge in [-0.05, 0) is 12.8 Å². The second-order valence-electron chi connectivity index (χ2n) is 3.69. The van der Waals surface area contributed by atoms with Crippen molar-refractivity contribution >= 4 is 11.9 Å². The lowest BCUT2D eigenvalue weighted by atomic mass is 10.0. The van der Waals surface area contributed by atoms with E-state index < -0.39 is 30.7 Å². The molecule has 0 N–H and O–H groups in total. The fraction of sp³-hybridized carbons (Fsp3) is 0.800. The van der Waals surface area contributed by atoms with E-state index in [0.717, 1.165) is 0 Å². The van der Waals surface area contributed by atoms with Gasteiger partial charge in [-0.2, -0.15) is 0 Å². The Kier molecular flexibility index (Phi) is 4.64. The molecule has 0 heterocycles. The summed E-state index contributed by atoms with van der Waals surface area (Å²) in [6.07, 6.45) is 0.948. The first-order chi connectivity index (χ1) is 7.64. The van der Waals surface area contributed by atoms with E-state index in [0.29, 0.717) is 12.8 Å². The third-order valence-corrected chi connectivity index (χ3v) is 2.42. The minimum Gasteiger partial charge on any atom is -0.463 e. The second kappa shape index (κ2) is 5.77. The van der Waals surface area contributed by atoms with E-state index in [9.17, 15) is 18.4 Å². The minimum atomic E-state index is -0.845. The molecule has 0 atom stereocenters. The summed E-state index contributed by atoms with van der Waals surface area (Å²) in [5.74, 6) is -1.19. The number of hydrogen-bond acceptors (Lipinski definition) is 4. The molecule has 0 aromatic heterocycles. The van der Waals surface area contributed by atoms with Crippen molar-refractivity contribution in [3.05, 3.63) is 0 Å². The van der Waals surface area contributed by atoms with E-state index in [-0.39, 0.29) is 19.6 Å². The lowest BCUT2D eigenvalue weighted by Crippen LogP contribution is -2.24. The number of carbonyl (C=O) groups is 2. The molecule has 6 heteroatoms. The number of ether oxygens (including phenoxy) is 2. The van der Waals surface area contributed by atoms with Gasteiger partial charge in [-0.1, -0.05) is 0 Å². The summed E-state index contributed by atoms with van der Waals surface area (Å²) in [5.41, 5.74) is -0.845. The summed E-state index contributed by atoms with van der Waals surface area (Å²) in [7, 11) is 0. The van der Waals surface area contributed by atoms with Gasteiger partial charge < -0.3 is 9.47 Å². The predicted molar refractivity (Wildman–Crippen MR) is 50.2 cm³/mol. The van der Waals surface area contributed by atoms with E-state index in [1.165, 1.54) is 0 Å². The summed E-state index contributed by atoms with van der Waals surface area (Å²) in [6, 6.07) is 0. The van der Waals surface area contributed by atoms with Gasteiger partial charge in [0.2, 0.25) is 0 Å². The first-order valence-electron chi connectivity index (χ1n) is 5.09. The molecule has 0 aromatic carbocycles. The van der Waals surface area contributed by atoms with Crippen LogP contribution in [0, 0.1) is 5.41 Å². The molecule has 1 aliphatic rings. The van der Waals surface area contributed by atoms with Crippen LogP contribution >= 0.6 is 0 Å². The van der Waals surface area contributed by atoms with Gasteiger partial charge in [-0.15, -0.1) is 0 Å². The van der Waals surface area contributed by atoms with Crippen LogP contribution in [0.5, 0.6) is 0 Å². The van der Waals surface area contributed by atoms with Crippen LogP contribution < -0.4 is 0 Å². The van der Waals surface area contributed by atoms with Crippen LogP contribution in [-0.2, 0) is 19.1 Å². The highest BCUT2D eigenvalue weighted by atomic mass is 19.1. The Hall–Kier alpha value is -1.20. The van der Waals surface area contributed by atoms with Crippen molar-refractivity contribution < 1.29 is 27.8 Å². The van der Waals surface area contributed by atoms with Gasteiger partial charge in [-0.25, -0.2) is 8.78 Å². The lowest BCUT2D eigenvalue weighted by Gasteiger charge is -2.12. The minimum absolute atomic E-state index is 0.113. The number of alkyl halides is 2. The zero-order valence-corrected chi connectivity index (χ0v) is 8.84. The average molecular weight is 236 g/mol. The summed E-state index contributed by atoms with van der Waals surface area (Å²) in [6.45, 7) is -2.08. The Bertz CT molecular complexity index is 264. The highest BCUT2D eigenvalue weighted by Gasteiger charge is 2.53. The molecule has 0 saturated heterocycles. The molecule has 0 unspecified atom stereocenters. The molecule has 1 rings (SSSR count). The standard InChI is InChI=1S/C10H14F2O4/c11-3-5-15-8(13)7-10(1-2-10)9(14)16-6-4-12/h1-7H2. The summed E-state index contributed by atoms with van der Waals surface area (Å²) >= 11 is 0. The Morgan fingerprint density at radius 2 is 1.62 bits per heavy atom. The number of rotatable bonds is 7. The molecular formula is C10H14F2O4. The molecule has 1 fully saturated rings. The Morgan fingerprint density at radius 3 is 2.12 bits per heavy atom. The number of esters is 2. The van der Waals surface area contributed by atoms with Gasteiger partial charge >= 0.3 is 11.9 Å². The highest BCUT2D eigenvalue weighted by Crippen LogP contribution is 2.50. The summed E-state index contributed by atoms with van der Waals surface area (Å²) < 4.78 is 32.7. The van der Waals surface area contributed by atoms with Crippen LogP contribution in [-0.4, -0.2) is 38.5 Å². The van der Waals surface area contributed by atoms with Gasteiger partial charge in [0.05, 0.1) is 11.8 Å². The van der Waals surface area contributed by atoms with Crippen molar-refractivity contribution in [3.63, 3.8) is 0 Å². The monoisotopic (exact) mass is 236 g/mol. The van der Waals surface area contributed by atoms with Gasteiger partial charge in [0.25, 0.3) is 0 Å². The van der Waals surface area contributed by atoms with Gasteiger partial charge in [0.1, 0.15) is 26.6 Å². The number of halogens is 2. The molecule has 1 aliphatic carbocycles. The average Bonchev–Trinajstić information content (AvgIpc) is 3.04. The Balaban J connectivity index is 2.34. The third-order valence-electron chi connectivity index (χ3n) is 2.42. The fourth-order valence-corrected chi connectivity index (χ4v) is 1.37. The summed E-state index contributed by atoms with van der Waals surface area (Å²) in [4.78, 5) is 22.6. The van der Waals surface area contributed by atoms with E-state index in [1.54, 1.807) is 0 Å². The van der Waals surface area contributed by atoms with Gasteiger partial charge in [0.15, 0.2) is 0 Å². The molecule has 1 saturated carbocycles. The van der Waals surface area contributed by atoms with Crippen molar-refractivity contribution in [3.8, 4) is 0 Å². The maximum Gasteiger partial charge on any atom is 0.312 e. The molecule has 0 amide bonds. The maximum absolute atomic E-state index is 11.8. The van der Waals surface area contributed by atoms with Crippen molar-refractivity contribution in [2.75, 3.05) is 26.6 Å². The second-order valence-corrected chi connectivity index (χ2v) is 3.69. The molecule has 0 aromatic rings. The fourth-order valence-electron chi connectivity index (χ4n) is 1.37. The van der Waals surface area contributed by atoms with Crippen LogP contribution in [0.15, 0.2) is 0 Å². The van der Waals surface area contributed by atoms with Crippen molar-refractivity contribution in [1.82, 2.24) is 0 Å². The molecule has 4 nitrogen and oxygen atoms in total. The molecule has 0 bridgehead atoms. The van der Waals surface area contributed by atoms with Crippen LogP contribution in [0.25, 0.3) is 0 Å². The SMILES string of the molecule is O=C(CC1(C(=O)OCCF)CC1)OCCF. The Morgan fingerprint density at radius 1 is 1.06 bits per heavy atom. The van der Waals surface area contributed by atoms with Gasteiger partial charge in [-0.3, -0.25) is 9.59 Å². The van der Waals surface area contributed by atoms with Crippen LogP contribution in [0.4, 0.5) is 8.78 Å². The molecule has 0 aliphatic heterocycles. The topological polar surface area (TPSA) is 52.6 Å². The molecule has 0 radical (unpaired) electrons. The quantitative estimate of drug-likeness (QED) is 0.623. The largest absolute Gasteiger partial charge is 0.463 e. The zero-order valence-electron chi connectivity index (χ0n) is 8.84. The molecular weight excluding hydrogens is 222 g/mol. The molecule has 92 valence electrons. The molecule has 0 spiro atoms. The van der Waals surface area contributed by atoms with E-state index in [2.05, 4.69) is 9.47 Å². The zero-order chi connectivity index (χ0) is 12.0. The van der Waals surface area contributed by atoms with Gasteiger partial charge in [0, 0.05) is 0 Å². The smallest absolute Gasteiger partial charge is 0.312 e. The number of carbonyl (C=O) groups excluding carboxylic acids is 2. The first-order valence-corrected chi connectivity index (χ1v) is 5.09. The van der Waals surface area contributed by atoms with Crippen LogP contribution in [0.2, 0.25) is 0 Å². The maximum atomic E-state index is 11.8. The van der Waals surface area contributed by atoms with E-state index >= 15 is 0 Å². The van der Waals surface area contributed by atoms with Crippen LogP contribution in [0.1, 0.15) is 19.3 Å². The van der Waals surface area contributed by atoms with Crippen LogP contribution in [0.3, 0.4) is 0 Å². The van der Waals surface area contributed by atoms with Crippen molar-refractivity contribution in [2.24, 2.45) is 5.41 Å². The third kappa shape index (κ3) is 3.43. The molecule has 16 heavy (non-hydrogen) atoms. The predicted octanol–water partition coefficient (Wildman–Crippen LogP) is 1.18. The normalized spacial score (nSPS) is 16.6. The first kappa shape index (κ1) is 12.9.